The molecule has 2 rings (SSSR count). The Kier molecular flexibility index (Phi) is 3.85. The van der Waals surface area contributed by atoms with E-state index in [1.165, 1.54) is 0 Å². The van der Waals surface area contributed by atoms with Crippen LogP contribution in [0.2, 0.25) is 0 Å². The van der Waals surface area contributed by atoms with Gasteiger partial charge in [0.05, 0.1) is 11.4 Å². The summed E-state index contributed by atoms with van der Waals surface area (Å²) in [7, 11) is 0. The van der Waals surface area contributed by atoms with E-state index in [-0.39, 0.29) is 5.82 Å². The number of hydrogen-bond donors (Lipinski definition) is 1. The first-order chi connectivity index (χ1) is 9.08. The summed E-state index contributed by atoms with van der Waals surface area (Å²) in [5.74, 6) is -1.44. The van der Waals surface area contributed by atoms with Crippen LogP contribution in [0, 0.1) is 13.8 Å². The van der Waals surface area contributed by atoms with E-state index >= 15 is 0 Å². The van der Waals surface area contributed by atoms with Crippen molar-refractivity contribution in [3.05, 3.63) is 53.1 Å². The van der Waals surface area contributed by atoms with Gasteiger partial charge in [0.15, 0.2) is 5.82 Å². The Balaban J connectivity index is 2.30. The van der Waals surface area contributed by atoms with E-state index in [1.54, 1.807) is 13.8 Å². The van der Waals surface area contributed by atoms with Gasteiger partial charge in [0, 0.05) is 0 Å². The number of carboxylic acids is 1. The second kappa shape index (κ2) is 5.56. The van der Waals surface area contributed by atoms with Crippen molar-refractivity contribution in [1.82, 2.24) is 15.2 Å². The summed E-state index contributed by atoms with van der Waals surface area (Å²) >= 11 is 0. The highest BCUT2D eigenvalue weighted by atomic mass is 16.4. The summed E-state index contributed by atoms with van der Waals surface area (Å²) in [6.07, 6.45) is 0.361. The van der Waals surface area contributed by atoms with Gasteiger partial charge in [0.2, 0.25) is 0 Å². The van der Waals surface area contributed by atoms with Crippen LogP contribution in [0.25, 0.3) is 0 Å². The van der Waals surface area contributed by atoms with E-state index < -0.39 is 11.9 Å². The maximum atomic E-state index is 11.4. The van der Waals surface area contributed by atoms with E-state index in [9.17, 15) is 9.90 Å². The van der Waals surface area contributed by atoms with Gasteiger partial charge in [0.25, 0.3) is 0 Å². The number of nitrogens with zero attached hydrogens (tertiary/aromatic N) is 3. The molecule has 1 heterocycles. The van der Waals surface area contributed by atoms with Crippen molar-refractivity contribution in [3.63, 3.8) is 0 Å². The quantitative estimate of drug-likeness (QED) is 0.905. The first kappa shape index (κ1) is 13.1. The second-order valence-electron chi connectivity index (χ2n) is 4.42. The highest BCUT2D eigenvalue weighted by molar-refractivity contribution is 5.75. The Morgan fingerprint density at radius 2 is 1.84 bits per heavy atom. The highest BCUT2D eigenvalue weighted by Gasteiger charge is 2.24. The number of carbonyl (C=O) groups is 1. The Hall–Kier alpha value is -2.30. The summed E-state index contributed by atoms with van der Waals surface area (Å²) in [5.41, 5.74) is 2.37. The molecule has 0 fully saturated rings. The minimum Gasteiger partial charge on any atom is -0.481 e. The fraction of sp³-hybridized carbons (Fsp3) is 0.286. The summed E-state index contributed by atoms with van der Waals surface area (Å²) < 4.78 is 0. The Morgan fingerprint density at radius 3 is 2.42 bits per heavy atom. The zero-order valence-corrected chi connectivity index (χ0v) is 10.9. The maximum absolute atomic E-state index is 11.4. The van der Waals surface area contributed by atoms with Gasteiger partial charge in [-0.1, -0.05) is 30.3 Å². The molecule has 0 spiro atoms. The molecule has 0 aliphatic heterocycles. The predicted molar refractivity (Wildman–Crippen MR) is 69.8 cm³/mol. The number of aliphatic carboxylic acids is 1. The zero-order valence-electron chi connectivity index (χ0n) is 10.9. The number of aryl methyl sites for hydroxylation is 2. The fourth-order valence-corrected chi connectivity index (χ4v) is 1.76. The average molecular weight is 257 g/mol. The van der Waals surface area contributed by atoms with Gasteiger partial charge in [-0.15, -0.1) is 5.10 Å². The van der Waals surface area contributed by atoms with Crippen LogP contribution in [0.5, 0.6) is 0 Å². The molecule has 1 aromatic heterocycles. The lowest BCUT2D eigenvalue weighted by Crippen LogP contribution is -2.19. The molecule has 0 amide bonds. The number of rotatable bonds is 4. The molecular weight excluding hydrogens is 242 g/mol. The first-order valence-electron chi connectivity index (χ1n) is 6.02. The largest absolute Gasteiger partial charge is 0.481 e. The minimum atomic E-state index is -0.936. The molecule has 1 N–H and O–H groups in total. The topological polar surface area (TPSA) is 76.0 Å². The van der Waals surface area contributed by atoms with E-state index in [0.29, 0.717) is 17.8 Å². The Bertz CT molecular complexity index is 584. The van der Waals surface area contributed by atoms with Crippen molar-refractivity contribution in [2.24, 2.45) is 0 Å². The van der Waals surface area contributed by atoms with Crippen LogP contribution in [0.3, 0.4) is 0 Å². The van der Waals surface area contributed by atoms with Crippen molar-refractivity contribution in [2.45, 2.75) is 26.2 Å². The van der Waals surface area contributed by atoms with Crippen LogP contribution < -0.4 is 0 Å². The molecule has 1 unspecified atom stereocenters. The molecule has 19 heavy (non-hydrogen) atoms. The van der Waals surface area contributed by atoms with Gasteiger partial charge >= 0.3 is 5.97 Å². The third kappa shape index (κ3) is 3.13. The molecule has 5 nitrogen and oxygen atoms in total. The second-order valence-corrected chi connectivity index (χ2v) is 4.42. The van der Waals surface area contributed by atoms with E-state index in [2.05, 4.69) is 15.2 Å². The Morgan fingerprint density at radius 1 is 1.16 bits per heavy atom. The van der Waals surface area contributed by atoms with Crippen LogP contribution in [-0.2, 0) is 11.2 Å². The predicted octanol–water partition coefficient (Wildman–Crippen LogP) is 1.90. The third-order valence-corrected chi connectivity index (χ3v) is 3.00. The van der Waals surface area contributed by atoms with Crippen LogP contribution in [0.15, 0.2) is 30.3 Å². The monoisotopic (exact) mass is 257 g/mol. The molecule has 1 atom stereocenters. The molecule has 0 bridgehead atoms. The summed E-state index contributed by atoms with van der Waals surface area (Å²) in [6, 6.07) is 9.45. The minimum absolute atomic E-state index is 0.263. The van der Waals surface area contributed by atoms with Gasteiger partial charge < -0.3 is 5.11 Å². The number of hydrogen-bond acceptors (Lipinski definition) is 4. The van der Waals surface area contributed by atoms with Crippen molar-refractivity contribution < 1.29 is 9.90 Å². The average Bonchev–Trinajstić information content (AvgIpc) is 2.40. The molecule has 1 aromatic carbocycles. The van der Waals surface area contributed by atoms with Gasteiger partial charge in [-0.25, -0.2) is 4.98 Å². The van der Waals surface area contributed by atoms with Crippen LogP contribution in [-0.4, -0.2) is 26.3 Å². The molecule has 5 heteroatoms. The molecular formula is C14H15N3O2. The van der Waals surface area contributed by atoms with E-state index in [0.717, 1.165) is 5.56 Å². The Labute approximate surface area is 111 Å². The SMILES string of the molecule is Cc1nnc(C(Cc2ccccc2)C(=O)O)nc1C. The zero-order chi connectivity index (χ0) is 13.8. The van der Waals surface area contributed by atoms with Crippen LogP contribution >= 0.6 is 0 Å². The van der Waals surface area contributed by atoms with Crippen LogP contribution in [0.4, 0.5) is 0 Å². The van der Waals surface area contributed by atoms with Gasteiger partial charge in [-0.2, -0.15) is 5.10 Å². The highest BCUT2D eigenvalue weighted by Crippen LogP contribution is 2.18. The first-order valence-corrected chi connectivity index (χ1v) is 6.02. The lowest BCUT2D eigenvalue weighted by atomic mass is 9.99. The standard InChI is InChI=1S/C14H15N3O2/c1-9-10(2)16-17-13(15-9)12(14(18)19)8-11-6-4-3-5-7-11/h3-7,12H,8H2,1-2H3,(H,18,19). The van der Waals surface area contributed by atoms with Gasteiger partial charge in [0.1, 0.15) is 5.92 Å². The number of aromatic nitrogens is 3. The molecule has 0 saturated carbocycles. The van der Waals surface area contributed by atoms with Gasteiger partial charge in [-0.05, 0) is 25.8 Å². The van der Waals surface area contributed by atoms with Crippen molar-refractivity contribution in [2.75, 3.05) is 0 Å². The summed E-state index contributed by atoms with van der Waals surface area (Å²) in [6.45, 7) is 3.60. The lowest BCUT2D eigenvalue weighted by Gasteiger charge is -2.11. The molecule has 0 saturated heterocycles. The molecule has 2 aromatic rings. The molecule has 0 aliphatic rings. The van der Waals surface area contributed by atoms with Crippen molar-refractivity contribution in [3.8, 4) is 0 Å². The van der Waals surface area contributed by atoms with E-state index in [4.69, 9.17) is 0 Å². The molecule has 0 aliphatic carbocycles. The third-order valence-electron chi connectivity index (χ3n) is 3.00. The normalized spacial score (nSPS) is 12.1. The van der Waals surface area contributed by atoms with Gasteiger partial charge in [-0.3, -0.25) is 4.79 Å². The molecule has 0 radical (unpaired) electrons. The van der Waals surface area contributed by atoms with E-state index in [1.807, 2.05) is 30.3 Å². The molecule has 98 valence electrons. The number of carboxylic acid groups (broad SMARTS) is 1. The van der Waals surface area contributed by atoms with Crippen molar-refractivity contribution >= 4 is 5.97 Å². The fourth-order valence-electron chi connectivity index (χ4n) is 1.76. The van der Waals surface area contributed by atoms with Crippen LogP contribution in [0.1, 0.15) is 28.7 Å². The maximum Gasteiger partial charge on any atom is 0.314 e. The number of benzene rings is 1. The van der Waals surface area contributed by atoms with Crippen molar-refractivity contribution in [1.29, 1.82) is 0 Å². The summed E-state index contributed by atoms with van der Waals surface area (Å²) in [4.78, 5) is 15.6. The smallest absolute Gasteiger partial charge is 0.314 e. The lowest BCUT2D eigenvalue weighted by molar-refractivity contribution is -0.139. The summed E-state index contributed by atoms with van der Waals surface area (Å²) in [5, 5.41) is 17.2.